The molecule has 0 fully saturated rings. The second-order valence-corrected chi connectivity index (χ2v) is 9.05. The molecule has 0 saturated heterocycles. The minimum atomic E-state index is -0.110. The molecule has 1 aliphatic heterocycles. The topological polar surface area (TPSA) is 35.9 Å². The molecule has 0 radical (unpaired) electrons. The fourth-order valence-corrected chi connectivity index (χ4v) is 4.64. The van der Waals surface area contributed by atoms with E-state index in [1.165, 1.54) is 10.7 Å². The first-order chi connectivity index (χ1) is 16.1. The molecule has 0 bridgehead atoms. The van der Waals surface area contributed by atoms with Crippen molar-refractivity contribution in [2.45, 2.75) is 18.7 Å². The van der Waals surface area contributed by atoms with Crippen molar-refractivity contribution in [1.29, 1.82) is 0 Å². The second-order valence-electron chi connectivity index (χ2n) is 7.56. The zero-order valence-electron chi connectivity index (χ0n) is 18.7. The average Bonchev–Trinajstić information content (AvgIpc) is 3.16. The Morgan fingerprint density at radius 3 is 2.24 bits per heavy atom. The number of hydrazone groups is 1. The maximum absolute atomic E-state index is 13.4. The van der Waals surface area contributed by atoms with E-state index in [1.54, 1.807) is 11.8 Å². The molecule has 3 aromatic rings. The number of benzene rings is 3. The molecule has 1 aliphatic rings. The molecule has 1 amide bonds. The molecule has 4 nitrogen and oxygen atoms in total. The summed E-state index contributed by atoms with van der Waals surface area (Å²) in [6.07, 6.45) is 1.94. The van der Waals surface area contributed by atoms with E-state index in [0.717, 1.165) is 34.9 Å². The summed E-state index contributed by atoms with van der Waals surface area (Å²) in [5.74, 6) is 0.473. The van der Waals surface area contributed by atoms with E-state index in [2.05, 4.69) is 43.0 Å². The Morgan fingerprint density at radius 2 is 1.61 bits per heavy atom. The van der Waals surface area contributed by atoms with Gasteiger partial charge >= 0.3 is 0 Å². The third-order valence-electron chi connectivity index (χ3n) is 5.48. The molecule has 4 rings (SSSR count). The third kappa shape index (κ3) is 5.49. The number of thioether (sulfide) groups is 1. The lowest BCUT2D eigenvalue weighted by Crippen LogP contribution is -2.21. The summed E-state index contributed by atoms with van der Waals surface area (Å²) >= 11 is 7.65. The van der Waals surface area contributed by atoms with Gasteiger partial charge in [-0.15, -0.1) is 11.8 Å². The molecule has 0 saturated carbocycles. The van der Waals surface area contributed by atoms with Crippen molar-refractivity contribution < 1.29 is 4.79 Å². The van der Waals surface area contributed by atoms with Gasteiger partial charge in [0.15, 0.2) is 0 Å². The first kappa shape index (κ1) is 23.1. The summed E-state index contributed by atoms with van der Waals surface area (Å²) in [7, 11) is 0. The highest BCUT2D eigenvalue weighted by atomic mass is 35.5. The van der Waals surface area contributed by atoms with Crippen molar-refractivity contribution in [1.82, 2.24) is 0 Å². The first-order valence-corrected chi connectivity index (χ1v) is 12.4. The van der Waals surface area contributed by atoms with Crippen LogP contribution >= 0.6 is 23.4 Å². The molecule has 0 aromatic heterocycles. The number of carbonyl (C=O) groups excluding carboxylic acids is 1. The summed E-state index contributed by atoms with van der Waals surface area (Å²) in [5.41, 5.74) is 4.30. The van der Waals surface area contributed by atoms with E-state index in [4.69, 9.17) is 16.7 Å². The van der Waals surface area contributed by atoms with Gasteiger partial charge in [-0.1, -0.05) is 41.9 Å². The highest BCUT2D eigenvalue weighted by molar-refractivity contribution is 8.00. The predicted octanol–water partition coefficient (Wildman–Crippen LogP) is 6.76. The fourth-order valence-electron chi connectivity index (χ4n) is 3.67. The van der Waals surface area contributed by atoms with Crippen LogP contribution in [-0.2, 0) is 4.79 Å². The standard InChI is InChI=1S/C27H26ClN3OS/c1-3-30(4-2)22-14-10-20(11-15-22)18-25-26(19-33-24-16-12-21(28)13-17-24)29-31(27(25)32)23-8-6-5-7-9-23/h5-18H,3-4,19H2,1-2H3/b25-18-. The van der Waals surface area contributed by atoms with Crippen LogP contribution in [0.25, 0.3) is 6.08 Å². The zero-order valence-corrected chi connectivity index (χ0v) is 20.3. The van der Waals surface area contributed by atoms with E-state index in [-0.39, 0.29) is 5.91 Å². The molecule has 3 aromatic carbocycles. The Hall–Kier alpha value is -3.02. The van der Waals surface area contributed by atoms with Crippen molar-refractivity contribution in [3.63, 3.8) is 0 Å². The van der Waals surface area contributed by atoms with Gasteiger partial charge in [-0.2, -0.15) is 10.1 Å². The van der Waals surface area contributed by atoms with Crippen LogP contribution < -0.4 is 9.91 Å². The molecule has 33 heavy (non-hydrogen) atoms. The first-order valence-electron chi connectivity index (χ1n) is 11.0. The molecule has 168 valence electrons. The van der Waals surface area contributed by atoms with Gasteiger partial charge in [-0.25, -0.2) is 0 Å². The quantitative estimate of drug-likeness (QED) is 0.266. The summed E-state index contributed by atoms with van der Waals surface area (Å²) in [6.45, 7) is 6.21. The van der Waals surface area contributed by atoms with E-state index in [1.807, 2.05) is 60.7 Å². The number of hydrogen-bond acceptors (Lipinski definition) is 4. The summed E-state index contributed by atoms with van der Waals surface area (Å²) in [4.78, 5) is 16.7. The lowest BCUT2D eigenvalue weighted by molar-refractivity contribution is -0.114. The monoisotopic (exact) mass is 475 g/mol. The summed E-state index contributed by atoms with van der Waals surface area (Å²) in [5, 5.41) is 6.90. The van der Waals surface area contributed by atoms with Crippen molar-refractivity contribution in [3.8, 4) is 0 Å². The highest BCUT2D eigenvalue weighted by Crippen LogP contribution is 2.29. The zero-order chi connectivity index (χ0) is 23.2. The fraction of sp³-hybridized carbons (Fsp3) is 0.185. The van der Waals surface area contributed by atoms with Crippen molar-refractivity contribution in [2.75, 3.05) is 28.8 Å². The molecular weight excluding hydrogens is 450 g/mol. The molecule has 1 heterocycles. The number of para-hydroxylation sites is 1. The number of hydrogen-bond donors (Lipinski definition) is 0. The SMILES string of the molecule is CCN(CC)c1ccc(/C=C2\C(=O)N(c3ccccc3)N=C2CSc2ccc(Cl)cc2)cc1. The minimum Gasteiger partial charge on any atom is -0.372 e. The number of carbonyl (C=O) groups is 1. The van der Waals surface area contributed by atoms with Crippen molar-refractivity contribution >= 4 is 52.4 Å². The Balaban J connectivity index is 1.62. The van der Waals surface area contributed by atoms with Crippen LogP contribution in [0.1, 0.15) is 19.4 Å². The van der Waals surface area contributed by atoms with E-state index in [9.17, 15) is 4.79 Å². The smallest absolute Gasteiger partial charge is 0.280 e. The molecular formula is C27H26ClN3OS. The van der Waals surface area contributed by atoms with Crippen molar-refractivity contribution in [3.05, 3.63) is 95.0 Å². The molecule has 0 aliphatic carbocycles. The van der Waals surface area contributed by atoms with Crippen LogP contribution in [0, 0.1) is 0 Å². The number of nitrogens with zero attached hydrogens (tertiary/aromatic N) is 3. The number of halogens is 1. The normalized spacial score (nSPS) is 14.6. The van der Waals surface area contributed by atoms with Crippen LogP contribution in [0.2, 0.25) is 5.02 Å². The maximum Gasteiger partial charge on any atom is 0.280 e. The van der Waals surface area contributed by atoms with Crippen LogP contribution in [0.15, 0.2) is 94.4 Å². The second kappa shape index (κ2) is 10.7. The molecule has 6 heteroatoms. The van der Waals surface area contributed by atoms with E-state index >= 15 is 0 Å². The molecule has 0 spiro atoms. The van der Waals surface area contributed by atoms with Gasteiger partial charge in [0.05, 0.1) is 17.0 Å². The number of rotatable bonds is 8. The average molecular weight is 476 g/mol. The Labute approximate surface area is 204 Å². The van der Waals surface area contributed by atoms with Crippen LogP contribution in [0.3, 0.4) is 0 Å². The lowest BCUT2D eigenvalue weighted by Gasteiger charge is -2.20. The molecule has 0 unspecified atom stereocenters. The Bertz CT molecular complexity index is 1150. The van der Waals surface area contributed by atoms with Gasteiger partial charge in [0.1, 0.15) is 0 Å². The summed E-state index contributed by atoms with van der Waals surface area (Å²) < 4.78 is 0. The Morgan fingerprint density at radius 1 is 0.939 bits per heavy atom. The maximum atomic E-state index is 13.4. The van der Waals surface area contributed by atoms with Crippen LogP contribution in [-0.4, -0.2) is 30.5 Å². The van der Waals surface area contributed by atoms with Gasteiger partial charge in [0.25, 0.3) is 5.91 Å². The number of anilines is 2. The molecule has 0 atom stereocenters. The van der Waals surface area contributed by atoms with Gasteiger partial charge in [-0.05, 0) is 74.0 Å². The third-order valence-corrected chi connectivity index (χ3v) is 6.75. The summed E-state index contributed by atoms with van der Waals surface area (Å²) in [6, 6.07) is 25.6. The number of amides is 1. The van der Waals surface area contributed by atoms with Gasteiger partial charge in [-0.3, -0.25) is 4.79 Å². The van der Waals surface area contributed by atoms with Crippen LogP contribution in [0.4, 0.5) is 11.4 Å². The van der Waals surface area contributed by atoms with E-state index in [0.29, 0.717) is 16.3 Å². The van der Waals surface area contributed by atoms with E-state index < -0.39 is 0 Å². The van der Waals surface area contributed by atoms with Crippen molar-refractivity contribution in [2.24, 2.45) is 5.10 Å². The highest BCUT2D eigenvalue weighted by Gasteiger charge is 2.31. The van der Waals surface area contributed by atoms with Crippen LogP contribution in [0.5, 0.6) is 0 Å². The minimum absolute atomic E-state index is 0.110. The van der Waals surface area contributed by atoms with Gasteiger partial charge < -0.3 is 4.90 Å². The largest absolute Gasteiger partial charge is 0.372 e. The Kier molecular flexibility index (Phi) is 7.53. The molecule has 0 N–H and O–H groups in total. The lowest BCUT2D eigenvalue weighted by atomic mass is 10.1. The van der Waals surface area contributed by atoms with Gasteiger partial charge in [0.2, 0.25) is 0 Å². The predicted molar refractivity (Wildman–Crippen MR) is 142 cm³/mol. The van der Waals surface area contributed by atoms with Gasteiger partial charge in [0, 0.05) is 34.4 Å².